The summed E-state index contributed by atoms with van der Waals surface area (Å²) in [6, 6.07) is 19.9. The molecule has 3 aromatic carbocycles. The number of hydrogen-bond acceptors (Lipinski definition) is 0. The van der Waals surface area contributed by atoms with Crippen molar-refractivity contribution < 1.29 is 0 Å². The Balaban J connectivity index is 2.18. The predicted molar refractivity (Wildman–Crippen MR) is 84.7 cm³/mol. The molecule has 0 spiro atoms. The van der Waals surface area contributed by atoms with Crippen LogP contribution in [0.2, 0.25) is 0 Å². The molecule has 0 bridgehead atoms. The van der Waals surface area contributed by atoms with Gasteiger partial charge in [-0.25, -0.2) is 0 Å². The van der Waals surface area contributed by atoms with Gasteiger partial charge >= 0.3 is 0 Å². The van der Waals surface area contributed by atoms with Gasteiger partial charge in [0.15, 0.2) is 0 Å². The first-order valence-corrected chi connectivity index (χ1v) is 7.29. The molecule has 0 amide bonds. The molecule has 0 N–H and O–H groups in total. The van der Waals surface area contributed by atoms with Crippen molar-refractivity contribution in [2.24, 2.45) is 0 Å². The highest BCUT2D eigenvalue weighted by atomic mass is 14.1. The number of benzene rings is 3. The molecule has 0 heterocycles. The van der Waals surface area contributed by atoms with Crippen LogP contribution in [0.1, 0.15) is 31.7 Å². The van der Waals surface area contributed by atoms with E-state index in [-0.39, 0.29) is 0 Å². The maximum Gasteiger partial charge on any atom is -0.0103 e. The van der Waals surface area contributed by atoms with E-state index in [1.165, 1.54) is 52.8 Å². The summed E-state index contributed by atoms with van der Waals surface area (Å²) in [5.41, 5.74) is 1.50. The lowest BCUT2D eigenvalue weighted by Crippen LogP contribution is -1.89. The van der Waals surface area contributed by atoms with Crippen LogP contribution in [0.3, 0.4) is 0 Å². The first-order valence-electron chi connectivity index (χ1n) is 7.29. The highest BCUT2D eigenvalue weighted by Gasteiger charge is 2.05. The van der Waals surface area contributed by atoms with E-state index in [4.69, 9.17) is 0 Å². The maximum atomic E-state index is 2.38. The zero-order chi connectivity index (χ0) is 13.1. The molecular formula is C19H20. The van der Waals surface area contributed by atoms with E-state index in [0.717, 1.165) is 0 Å². The minimum absolute atomic E-state index is 1.19. The molecule has 19 heavy (non-hydrogen) atoms. The van der Waals surface area contributed by atoms with Gasteiger partial charge in [-0.3, -0.25) is 0 Å². The quantitative estimate of drug-likeness (QED) is 0.409. The lowest BCUT2D eigenvalue weighted by molar-refractivity contribution is 0.720. The van der Waals surface area contributed by atoms with Gasteiger partial charge in [0, 0.05) is 0 Å². The fourth-order valence-electron chi connectivity index (χ4n) is 2.90. The zero-order valence-corrected chi connectivity index (χ0v) is 11.5. The van der Waals surface area contributed by atoms with Crippen molar-refractivity contribution in [3.05, 3.63) is 60.2 Å². The molecule has 3 rings (SSSR count). The van der Waals surface area contributed by atoms with Gasteiger partial charge in [0.2, 0.25) is 0 Å². The molecule has 0 heteroatoms. The highest BCUT2D eigenvalue weighted by Crippen LogP contribution is 2.29. The fourth-order valence-corrected chi connectivity index (χ4v) is 2.90. The van der Waals surface area contributed by atoms with Crippen LogP contribution in [0.5, 0.6) is 0 Å². The Morgan fingerprint density at radius 3 is 2.21 bits per heavy atom. The van der Waals surface area contributed by atoms with Crippen LogP contribution in [-0.2, 0) is 6.42 Å². The smallest absolute Gasteiger partial charge is 0.0103 e. The van der Waals surface area contributed by atoms with Crippen LogP contribution in [-0.4, -0.2) is 0 Å². The third-order valence-corrected chi connectivity index (χ3v) is 3.90. The first-order chi connectivity index (χ1) is 9.40. The Morgan fingerprint density at radius 2 is 1.42 bits per heavy atom. The summed E-state index contributed by atoms with van der Waals surface area (Å²) in [7, 11) is 0. The standard InChI is InChI=1S/C19H20/c1-2-3-4-9-15-14-16-10-5-6-11-17(16)19-13-8-7-12-18(15)19/h5-8,10-14H,2-4,9H2,1H3. The molecule has 0 saturated carbocycles. The molecule has 96 valence electrons. The normalized spacial score (nSPS) is 11.2. The second-order valence-electron chi connectivity index (χ2n) is 5.26. The topological polar surface area (TPSA) is 0 Å². The second-order valence-corrected chi connectivity index (χ2v) is 5.26. The number of fused-ring (bicyclic) bond motifs is 3. The summed E-state index contributed by atoms with van der Waals surface area (Å²) in [4.78, 5) is 0. The Kier molecular flexibility index (Phi) is 3.50. The Labute approximate surface area is 115 Å². The van der Waals surface area contributed by atoms with E-state index >= 15 is 0 Å². The van der Waals surface area contributed by atoms with Gasteiger partial charge in [-0.2, -0.15) is 0 Å². The van der Waals surface area contributed by atoms with Crippen LogP contribution in [0, 0.1) is 0 Å². The lowest BCUT2D eigenvalue weighted by Gasteiger charge is -2.10. The maximum absolute atomic E-state index is 2.38. The lowest BCUT2D eigenvalue weighted by atomic mass is 9.94. The van der Waals surface area contributed by atoms with Gasteiger partial charge in [-0.15, -0.1) is 0 Å². The molecule has 0 aliphatic carbocycles. The molecule has 3 aromatic rings. The number of rotatable bonds is 4. The van der Waals surface area contributed by atoms with Crippen molar-refractivity contribution in [3.8, 4) is 0 Å². The first kappa shape index (κ1) is 12.2. The van der Waals surface area contributed by atoms with Crippen LogP contribution >= 0.6 is 0 Å². The molecule has 0 aliphatic heterocycles. The number of aryl methyl sites for hydroxylation is 1. The van der Waals surface area contributed by atoms with Crippen LogP contribution in [0.4, 0.5) is 0 Å². The summed E-state index contributed by atoms with van der Waals surface area (Å²) in [6.07, 6.45) is 5.09. The van der Waals surface area contributed by atoms with Crippen LogP contribution < -0.4 is 0 Å². The molecule has 0 atom stereocenters. The van der Waals surface area contributed by atoms with Crippen LogP contribution in [0.25, 0.3) is 21.5 Å². The van der Waals surface area contributed by atoms with E-state index < -0.39 is 0 Å². The SMILES string of the molecule is CCCCCc1cc2ccccc2c2ccccc12. The average molecular weight is 248 g/mol. The second kappa shape index (κ2) is 5.44. The summed E-state index contributed by atoms with van der Waals surface area (Å²) < 4.78 is 0. The molecule has 0 fully saturated rings. The molecule has 0 aliphatic rings. The monoisotopic (exact) mass is 248 g/mol. The van der Waals surface area contributed by atoms with E-state index in [1.807, 2.05) is 0 Å². The minimum atomic E-state index is 1.19. The van der Waals surface area contributed by atoms with Gasteiger partial charge in [-0.1, -0.05) is 74.4 Å². The van der Waals surface area contributed by atoms with Gasteiger partial charge in [0.1, 0.15) is 0 Å². The third kappa shape index (κ3) is 2.35. The average Bonchev–Trinajstić information content (AvgIpc) is 2.47. The summed E-state index contributed by atoms with van der Waals surface area (Å²) in [5.74, 6) is 0. The predicted octanol–water partition coefficient (Wildman–Crippen LogP) is 5.73. The molecular weight excluding hydrogens is 228 g/mol. The van der Waals surface area contributed by atoms with Crippen molar-refractivity contribution in [3.63, 3.8) is 0 Å². The zero-order valence-electron chi connectivity index (χ0n) is 11.5. The van der Waals surface area contributed by atoms with Crippen molar-refractivity contribution in [1.82, 2.24) is 0 Å². The van der Waals surface area contributed by atoms with Gasteiger partial charge in [0.25, 0.3) is 0 Å². The van der Waals surface area contributed by atoms with Crippen molar-refractivity contribution in [2.45, 2.75) is 32.6 Å². The van der Waals surface area contributed by atoms with Gasteiger partial charge < -0.3 is 0 Å². The fraction of sp³-hybridized carbons (Fsp3) is 0.263. The Morgan fingerprint density at radius 1 is 0.737 bits per heavy atom. The van der Waals surface area contributed by atoms with Crippen molar-refractivity contribution in [1.29, 1.82) is 0 Å². The van der Waals surface area contributed by atoms with Crippen molar-refractivity contribution >= 4 is 21.5 Å². The van der Waals surface area contributed by atoms with Gasteiger partial charge in [0.05, 0.1) is 0 Å². The Bertz CT molecular complexity index is 695. The minimum Gasteiger partial charge on any atom is -0.0654 e. The van der Waals surface area contributed by atoms with E-state index in [9.17, 15) is 0 Å². The number of hydrogen-bond donors (Lipinski definition) is 0. The molecule has 0 nitrogen and oxygen atoms in total. The number of unbranched alkanes of at least 4 members (excludes halogenated alkanes) is 2. The molecule has 0 saturated heterocycles. The summed E-state index contributed by atoms with van der Waals surface area (Å²) in [6.45, 7) is 2.26. The molecule has 0 unspecified atom stereocenters. The van der Waals surface area contributed by atoms with E-state index in [1.54, 1.807) is 0 Å². The molecule has 0 radical (unpaired) electrons. The van der Waals surface area contributed by atoms with Gasteiger partial charge in [-0.05, 0) is 39.9 Å². The van der Waals surface area contributed by atoms with E-state index in [0.29, 0.717) is 0 Å². The van der Waals surface area contributed by atoms with Crippen molar-refractivity contribution in [2.75, 3.05) is 0 Å². The highest BCUT2D eigenvalue weighted by molar-refractivity contribution is 6.08. The Hall–Kier alpha value is -1.82. The van der Waals surface area contributed by atoms with E-state index in [2.05, 4.69) is 61.5 Å². The summed E-state index contributed by atoms with van der Waals surface area (Å²) >= 11 is 0. The molecule has 0 aromatic heterocycles. The van der Waals surface area contributed by atoms with Crippen LogP contribution in [0.15, 0.2) is 54.6 Å². The third-order valence-electron chi connectivity index (χ3n) is 3.90. The summed E-state index contributed by atoms with van der Waals surface area (Å²) in [5, 5.41) is 5.56. The largest absolute Gasteiger partial charge is 0.0654 e.